The maximum absolute atomic E-state index is 13.3. The van der Waals surface area contributed by atoms with Crippen LogP contribution in [0.1, 0.15) is 11.1 Å². The van der Waals surface area contributed by atoms with E-state index in [1.165, 1.54) is 15.9 Å². The first kappa shape index (κ1) is 17.0. The lowest BCUT2D eigenvalue weighted by Gasteiger charge is -2.17. The van der Waals surface area contributed by atoms with Crippen molar-refractivity contribution in [3.05, 3.63) is 86.8 Å². The summed E-state index contributed by atoms with van der Waals surface area (Å²) in [6.07, 6.45) is -4.77. The third kappa shape index (κ3) is 3.35. The average Bonchev–Trinajstić information content (AvgIpc) is 3.10. The van der Waals surface area contributed by atoms with Gasteiger partial charge in [0.1, 0.15) is 0 Å². The van der Waals surface area contributed by atoms with E-state index in [-0.39, 0.29) is 12.2 Å². The van der Waals surface area contributed by atoms with E-state index in [1.54, 1.807) is 41.8 Å². The Kier molecular flexibility index (Phi) is 4.47. The van der Waals surface area contributed by atoms with Gasteiger partial charge in [-0.15, -0.1) is 11.3 Å². The molecule has 25 heavy (non-hydrogen) atoms. The zero-order valence-corrected chi connectivity index (χ0v) is 13.6. The molecule has 0 unspecified atom stereocenters. The van der Waals surface area contributed by atoms with Crippen LogP contribution in [0, 0.1) is 6.57 Å². The van der Waals surface area contributed by atoms with E-state index in [0.717, 1.165) is 11.6 Å². The zero-order chi connectivity index (χ0) is 18.0. The van der Waals surface area contributed by atoms with Crippen LogP contribution >= 0.6 is 11.3 Å². The number of aromatic nitrogens is 1. The summed E-state index contributed by atoms with van der Waals surface area (Å²) in [7, 11) is 0. The minimum Gasteiger partial charge on any atom is -0.312 e. The second-order valence-electron chi connectivity index (χ2n) is 5.26. The fraction of sp³-hybridized carbons (Fsp3) is 0.111. The molecule has 0 saturated heterocycles. The van der Waals surface area contributed by atoms with Crippen LogP contribution in [0.25, 0.3) is 15.4 Å². The van der Waals surface area contributed by atoms with Gasteiger partial charge in [0.05, 0.1) is 22.7 Å². The number of benzene rings is 1. The number of nitrogens with zero attached hydrogens (tertiary/aromatic N) is 2. The van der Waals surface area contributed by atoms with E-state index in [9.17, 15) is 18.0 Å². The fourth-order valence-corrected chi connectivity index (χ4v) is 3.26. The summed E-state index contributed by atoms with van der Waals surface area (Å²) in [4.78, 5) is 16.0. The molecule has 0 bridgehead atoms. The average molecular weight is 360 g/mol. The Hall–Kier alpha value is -2.85. The molecule has 0 amide bonds. The van der Waals surface area contributed by atoms with Gasteiger partial charge in [0.15, 0.2) is 0 Å². The van der Waals surface area contributed by atoms with Crippen molar-refractivity contribution in [2.24, 2.45) is 0 Å². The van der Waals surface area contributed by atoms with Gasteiger partial charge in [-0.2, -0.15) is 13.2 Å². The molecule has 0 aliphatic carbocycles. The van der Waals surface area contributed by atoms with Gasteiger partial charge in [0.2, 0.25) is 0 Å². The van der Waals surface area contributed by atoms with Crippen LogP contribution in [0.3, 0.4) is 0 Å². The molecule has 0 atom stereocenters. The second kappa shape index (κ2) is 6.57. The minimum atomic E-state index is -4.77. The van der Waals surface area contributed by atoms with Crippen molar-refractivity contribution in [2.45, 2.75) is 12.7 Å². The summed E-state index contributed by atoms with van der Waals surface area (Å²) >= 11 is 1.24. The first-order valence-corrected chi connectivity index (χ1v) is 8.10. The number of hydrogen-bond acceptors (Lipinski definition) is 2. The zero-order valence-electron chi connectivity index (χ0n) is 12.7. The van der Waals surface area contributed by atoms with Crippen LogP contribution in [0.15, 0.2) is 58.7 Å². The van der Waals surface area contributed by atoms with E-state index < -0.39 is 23.0 Å². The van der Waals surface area contributed by atoms with Crippen molar-refractivity contribution in [3.63, 3.8) is 0 Å². The maximum Gasteiger partial charge on any atom is 0.407 e. The van der Waals surface area contributed by atoms with Crippen LogP contribution in [0.2, 0.25) is 0 Å². The van der Waals surface area contributed by atoms with Crippen molar-refractivity contribution < 1.29 is 13.2 Å². The van der Waals surface area contributed by atoms with Gasteiger partial charge in [0, 0.05) is 6.54 Å². The van der Waals surface area contributed by atoms with E-state index in [4.69, 9.17) is 6.57 Å². The fourth-order valence-electron chi connectivity index (χ4n) is 2.51. The second-order valence-corrected chi connectivity index (χ2v) is 6.20. The lowest BCUT2D eigenvalue weighted by atomic mass is 10.1. The largest absolute Gasteiger partial charge is 0.407 e. The lowest BCUT2D eigenvalue weighted by Crippen LogP contribution is -2.25. The quantitative estimate of drug-likeness (QED) is 0.590. The van der Waals surface area contributed by atoms with Gasteiger partial charge in [0.25, 0.3) is 11.2 Å². The molecule has 126 valence electrons. The van der Waals surface area contributed by atoms with Crippen LogP contribution in [-0.4, -0.2) is 4.57 Å². The molecular weight excluding hydrogens is 349 g/mol. The molecule has 7 heteroatoms. The van der Waals surface area contributed by atoms with Crippen molar-refractivity contribution in [1.29, 1.82) is 0 Å². The summed E-state index contributed by atoms with van der Waals surface area (Å²) in [5, 5.41) is 1.72. The molecule has 3 rings (SSSR count). The minimum absolute atomic E-state index is 0.0908. The monoisotopic (exact) mass is 360 g/mol. The number of halogens is 3. The van der Waals surface area contributed by atoms with Crippen molar-refractivity contribution in [1.82, 2.24) is 4.57 Å². The van der Waals surface area contributed by atoms with Gasteiger partial charge in [-0.1, -0.05) is 36.4 Å². The summed E-state index contributed by atoms with van der Waals surface area (Å²) in [6, 6.07) is 13.2. The maximum atomic E-state index is 13.3. The molecule has 0 N–H and O–H groups in total. The summed E-state index contributed by atoms with van der Waals surface area (Å²) in [5.74, 6) is 0. The first-order valence-electron chi connectivity index (χ1n) is 7.22. The molecule has 2 heterocycles. The molecule has 3 nitrogen and oxygen atoms in total. The van der Waals surface area contributed by atoms with Crippen LogP contribution in [0.5, 0.6) is 0 Å². The number of alkyl halides is 3. The molecule has 0 spiro atoms. The Morgan fingerprint density at radius 3 is 2.40 bits per heavy atom. The summed E-state index contributed by atoms with van der Waals surface area (Å²) < 4.78 is 41.1. The molecule has 0 saturated carbocycles. The molecule has 2 aromatic heterocycles. The van der Waals surface area contributed by atoms with E-state index in [2.05, 4.69) is 4.85 Å². The first-order chi connectivity index (χ1) is 11.9. The van der Waals surface area contributed by atoms with Crippen LogP contribution in [0.4, 0.5) is 18.9 Å². The third-order valence-electron chi connectivity index (χ3n) is 3.65. The Balaban J connectivity index is 2.29. The highest BCUT2D eigenvalue weighted by atomic mass is 32.1. The van der Waals surface area contributed by atoms with Crippen molar-refractivity contribution in [2.75, 3.05) is 0 Å². The van der Waals surface area contributed by atoms with Gasteiger partial charge < -0.3 is 4.57 Å². The molecule has 3 aromatic rings. The number of rotatable bonds is 3. The van der Waals surface area contributed by atoms with Crippen LogP contribution in [-0.2, 0) is 12.7 Å². The third-order valence-corrected chi connectivity index (χ3v) is 4.54. The molecule has 0 fully saturated rings. The van der Waals surface area contributed by atoms with Gasteiger partial charge in [-0.3, -0.25) is 4.79 Å². The highest BCUT2D eigenvalue weighted by Gasteiger charge is 2.36. The Bertz CT molecular complexity index is 984. The van der Waals surface area contributed by atoms with Gasteiger partial charge >= 0.3 is 6.18 Å². The van der Waals surface area contributed by atoms with E-state index in [1.807, 2.05) is 6.07 Å². The van der Waals surface area contributed by atoms with Gasteiger partial charge in [-0.25, -0.2) is 4.85 Å². The SMILES string of the molecule is [C-]#[N+]c1c(C(F)(F)F)cc(-c2cccs2)n(Cc2ccccc2)c1=O. The van der Waals surface area contributed by atoms with Crippen LogP contribution < -0.4 is 5.56 Å². The van der Waals surface area contributed by atoms with Crippen molar-refractivity contribution >= 4 is 17.0 Å². The highest BCUT2D eigenvalue weighted by Crippen LogP contribution is 2.37. The molecule has 0 radical (unpaired) electrons. The predicted molar refractivity (Wildman–Crippen MR) is 90.8 cm³/mol. The summed E-state index contributed by atoms with van der Waals surface area (Å²) in [6.45, 7) is 7.13. The Morgan fingerprint density at radius 1 is 1.12 bits per heavy atom. The normalized spacial score (nSPS) is 11.3. The standard InChI is InChI=1S/C18H11F3N2OS/c1-22-16-13(18(19,20)21)10-14(15-8-5-9-25-15)23(17(16)24)11-12-6-3-2-4-7-12/h2-10H,11H2. The van der Waals surface area contributed by atoms with E-state index >= 15 is 0 Å². The highest BCUT2D eigenvalue weighted by molar-refractivity contribution is 7.13. The van der Waals surface area contributed by atoms with Crippen molar-refractivity contribution in [3.8, 4) is 10.6 Å². The Labute approximate surface area is 145 Å². The summed E-state index contributed by atoms with van der Waals surface area (Å²) in [5.41, 5.74) is -2.11. The Morgan fingerprint density at radius 2 is 1.84 bits per heavy atom. The molecular formula is C18H11F3N2OS. The number of pyridine rings is 1. The van der Waals surface area contributed by atoms with E-state index in [0.29, 0.717) is 4.88 Å². The number of thiophene rings is 1. The predicted octanol–water partition coefficient (Wildman–Crippen LogP) is 5.19. The molecule has 1 aromatic carbocycles. The molecule has 0 aliphatic heterocycles. The topological polar surface area (TPSA) is 26.4 Å². The van der Waals surface area contributed by atoms with Gasteiger partial charge in [-0.05, 0) is 23.1 Å². The lowest BCUT2D eigenvalue weighted by molar-refractivity contribution is -0.136. The molecule has 0 aliphatic rings. The smallest absolute Gasteiger partial charge is 0.312 e. The number of hydrogen-bond donors (Lipinski definition) is 0.